The van der Waals surface area contributed by atoms with E-state index in [2.05, 4.69) is 0 Å². The Morgan fingerprint density at radius 1 is 0.923 bits per heavy atom. The molecule has 2 saturated carbocycles. The molecule has 0 unspecified atom stereocenters. The molecule has 2 nitrogen and oxygen atoms in total. The van der Waals surface area contributed by atoms with Gasteiger partial charge >= 0.3 is 0 Å². The molecule has 2 fully saturated rings. The summed E-state index contributed by atoms with van der Waals surface area (Å²) in [6.07, 6.45) is 3.00. The quantitative estimate of drug-likeness (QED) is 0.669. The van der Waals surface area contributed by atoms with E-state index in [1.807, 2.05) is 0 Å². The van der Waals surface area contributed by atoms with Gasteiger partial charge in [-0.1, -0.05) is 0 Å². The number of hydrogen-bond donors (Lipinski definition) is 0. The van der Waals surface area contributed by atoms with Crippen LogP contribution in [-0.4, -0.2) is 10.5 Å². The standard InChI is InChI=1S/C9H10Cl2O2/c10-8(12)6-4-1-2-5(3-4)7(6)9(11)13/h4-7H,1-3H2/t4-,5-,6-,7+/m1/s1. The normalized spacial score (nSPS) is 42.3. The van der Waals surface area contributed by atoms with Gasteiger partial charge in [-0.15, -0.1) is 0 Å². The molecule has 0 spiro atoms. The molecule has 0 aromatic heterocycles. The van der Waals surface area contributed by atoms with Crippen molar-refractivity contribution >= 4 is 33.7 Å². The van der Waals surface area contributed by atoms with Crippen LogP contribution in [0.25, 0.3) is 0 Å². The summed E-state index contributed by atoms with van der Waals surface area (Å²) in [5.74, 6) is 0.0150. The van der Waals surface area contributed by atoms with Crippen LogP contribution >= 0.6 is 23.2 Å². The molecule has 0 saturated heterocycles. The van der Waals surface area contributed by atoms with Crippen LogP contribution in [0.5, 0.6) is 0 Å². The zero-order chi connectivity index (χ0) is 9.59. The average molecular weight is 221 g/mol. The molecule has 4 atom stereocenters. The molecule has 2 rings (SSSR count). The molecule has 0 amide bonds. The van der Waals surface area contributed by atoms with Crippen molar-refractivity contribution in [3.05, 3.63) is 0 Å². The zero-order valence-corrected chi connectivity index (χ0v) is 8.52. The molecular weight excluding hydrogens is 211 g/mol. The van der Waals surface area contributed by atoms with Crippen LogP contribution in [0.1, 0.15) is 19.3 Å². The third-order valence-corrected chi connectivity index (χ3v) is 3.94. The van der Waals surface area contributed by atoms with Crippen molar-refractivity contribution in [1.82, 2.24) is 0 Å². The average Bonchev–Trinajstić information content (AvgIpc) is 2.60. The van der Waals surface area contributed by atoms with Gasteiger partial charge in [0.1, 0.15) is 0 Å². The van der Waals surface area contributed by atoms with Crippen molar-refractivity contribution in [2.24, 2.45) is 23.7 Å². The van der Waals surface area contributed by atoms with E-state index in [1.54, 1.807) is 0 Å². The number of halogens is 2. The summed E-state index contributed by atoms with van der Waals surface area (Å²) >= 11 is 10.9. The predicted molar refractivity (Wildman–Crippen MR) is 49.5 cm³/mol. The first-order chi connectivity index (χ1) is 6.11. The smallest absolute Gasteiger partial charge is 0.225 e. The van der Waals surface area contributed by atoms with E-state index >= 15 is 0 Å². The zero-order valence-electron chi connectivity index (χ0n) is 7.00. The highest BCUT2D eigenvalue weighted by molar-refractivity contribution is 6.66. The third kappa shape index (κ3) is 1.40. The molecule has 0 aromatic carbocycles. The van der Waals surface area contributed by atoms with Gasteiger partial charge in [-0.25, -0.2) is 0 Å². The van der Waals surface area contributed by atoms with E-state index in [4.69, 9.17) is 23.2 Å². The highest BCUT2D eigenvalue weighted by atomic mass is 35.5. The fourth-order valence-electron chi connectivity index (χ4n) is 2.94. The largest absolute Gasteiger partial charge is 0.281 e. The van der Waals surface area contributed by atoms with Crippen molar-refractivity contribution in [3.8, 4) is 0 Å². The van der Waals surface area contributed by atoms with Gasteiger partial charge < -0.3 is 0 Å². The van der Waals surface area contributed by atoms with Gasteiger partial charge in [0.25, 0.3) is 0 Å². The maximum absolute atomic E-state index is 11.1. The number of fused-ring (bicyclic) bond motifs is 2. The van der Waals surface area contributed by atoms with Crippen molar-refractivity contribution in [2.75, 3.05) is 0 Å². The summed E-state index contributed by atoms with van der Waals surface area (Å²) in [5, 5.41) is -0.766. The molecule has 2 bridgehead atoms. The Bertz CT molecular complexity index is 238. The van der Waals surface area contributed by atoms with Gasteiger partial charge in [0, 0.05) is 11.8 Å². The Morgan fingerprint density at radius 2 is 1.31 bits per heavy atom. The Kier molecular flexibility index (Phi) is 2.37. The van der Waals surface area contributed by atoms with Gasteiger partial charge in [0.15, 0.2) is 0 Å². The fraction of sp³-hybridized carbons (Fsp3) is 0.778. The van der Waals surface area contributed by atoms with E-state index in [0.29, 0.717) is 11.8 Å². The van der Waals surface area contributed by atoms with Crippen LogP contribution in [0.2, 0.25) is 0 Å². The van der Waals surface area contributed by atoms with E-state index in [9.17, 15) is 9.59 Å². The van der Waals surface area contributed by atoms with Gasteiger partial charge in [-0.3, -0.25) is 9.59 Å². The third-order valence-electron chi connectivity index (χ3n) is 3.44. The SMILES string of the molecule is O=C(Cl)[C@@H]1[C@@H]2CC[C@H](C2)[C@@H]1C(=O)Cl. The molecule has 0 aromatic rings. The van der Waals surface area contributed by atoms with Crippen molar-refractivity contribution in [3.63, 3.8) is 0 Å². The molecule has 13 heavy (non-hydrogen) atoms. The van der Waals surface area contributed by atoms with E-state index in [0.717, 1.165) is 19.3 Å². The molecule has 0 radical (unpaired) electrons. The summed E-state index contributed by atoms with van der Waals surface area (Å²) in [7, 11) is 0. The number of hydrogen-bond acceptors (Lipinski definition) is 2. The lowest BCUT2D eigenvalue weighted by atomic mass is 9.81. The Balaban J connectivity index is 2.24. The number of rotatable bonds is 2. The van der Waals surface area contributed by atoms with Crippen LogP contribution in [0.15, 0.2) is 0 Å². The van der Waals surface area contributed by atoms with Crippen LogP contribution in [0, 0.1) is 23.7 Å². The number of carbonyl (C=O) groups is 2. The Hall–Kier alpha value is -0.0800. The molecule has 4 heteroatoms. The Morgan fingerprint density at radius 3 is 1.62 bits per heavy atom. The van der Waals surface area contributed by atoms with E-state index in [1.165, 1.54) is 0 Å². The summed E-state index contributed by atoms with van der Waals surface area (Å²) in [6, 6.07) is 0. The number of carbonyl (C=O) groups excluding carboxylic acids is 2. The second kappa shape index (κ2) is 3.25. The van der Waals surface area contributed by atoms with Gasteiger partial charge in [0.2, 0.25) is 10.5 Å². The van der Waals surface area contributed by atoms with E-state index < -0.39 is 0 Å². The molecule has 2 aliphatic rings. The molecular formula is C9H10Cl2O2. The topological polar surface area (TPSA) is 34.1 Å². The monoisotopic (exact) mass is 220 g/mol. The second-order valence-electron chi connectivity index (χ2n) is 3.99. The molecule has 72 valence electrons. The Labute approximate surface area is 86.6 Å². The summed E-state index contributed by atoms with van der Waals surface area (Å²) in [5.41, 5.74) is 0. The first kappa shape index (κ1) is 9.47. The molecule has 0 heterocycles. The lowest BCUT2D eigenvalue weighted by Crippen LogP contribution is -2.30. The fourth-order valence-corrected chi connectivity index (χ4v) is 3.57. The first-order valence-corrected chi connectivity index (χ1v) is 5.25. The van der Waals surface area contributed by atoms with E-state index in [-0.39, 0.29) is 22.3 Å². The minimum Gasteiger partial charge on any atom is -0.281 e. The molecule has 0 aliphatic heterocycles. The second-order valence-corrected chi connectivity index (χ2v) is 4.74. The minimum atomic E-state index is -0.383. The summed E-state index contributed by atoms with van der Waals surface area (Å²) in [4.78, 5) is 22.2. The maximum atomic E-state index is 11.1. The molecule has 0 N–H and O–H groups in total. The minimum absolute atomic E-state index is 0.301. The first-order valence-electron chi connectivity index (χ1n) is 4.50. The van der Waals surface area contributed by atoms with Crippen molar-refractivity contribution < 1.29 is 9.59 Å². The van der Waals surface area contributed by atoms with Gasteiger partial charge in [0.05, 0.1) is 0 Å². The maximum Gasteiger partial charge on any atom is 0.225 e. The van der Waals surface area contributed by atoms with Crippen LogP contribution in [0.4, 0.5) is 0 Å². The highest BCUT2D eigenvalue weighted by Crippen LogP contribution is 2.53. The van der Waals surface area contributed by atoms with Crippen molar-refractivity contribution in [1.29, 1.82) is 0 Å². The predicted octanol–water partition coefficient (Wildman–Crippen LogP) is 2.18. The summed E-state index contributed by atoms with van der Waals surface area (Å²) in [6.45, 7) is 0. The van der Waals surface area contributed by atoms with Gasteiger partial charge in [-0.05, 0) is 54.3 Å². The highest BCUT2D eigenvalue weighted by Gasteiger charge is 2.52. The van der Waals surface area contributed by atoms with Crippen LogP contribution < -0.4 is 0 Å². The lowest BCUT2D eigenvalue weighted by molar-refractivity contribution is -0.125. The van der Waals surface area contributed by atoms with Crippen LogP contribution in [-0.2, 0) is 9.59 Å². The van der Waals surface area contributed by atoms with Gasteiger partial charge in [-0.2, -0.15) is 0 Å². The lowest BCUT2D eigenvalue weighted by Gasteiger charge is -2.24. The van der Waals surface area contributed by atoms with Crippen LogP contribution in [0.3, 0.4) is 0 Å². The summed E-state index contributed by atoms with van der Waals surface area (Å²) < 4.78 is 0. The van der Waals surface area contributed by atoms with Crippen molar-refractivity contribution in [2.45, 2.75) is 19.3 Å². The molecule has 2 aliphatic carbocycles.